The molecule has 3 aromatic carbocycles. The van der Waals surface area contributed by atoms with E-state index in [-0.39, 0.29) is 18.9 Å². The number of hydrogen-bond donors (Lipinski definition) is 1. The molecular formula is C27H27N3O5. The van der Waals surface area contributed by atoms with E-state index >= 15 is 0 Å². The van der Waals surface area contributed by atoms with Gasteiger partial charge < -0.3 is 19.7 Å². The van der Waals surface area contributed by atoms with Crippen LogP contribution in [0, 0.1) is 6.92 Å². The molecule has 8 nitrogen and oxygen atoms in total. The molecule has 4 rings (SSSR count). The van der Waals surface area contributed by atoms with Crippen molar-refractivity contribution in [2.45, 2.75) is 25.9 Å². The zero-order valence-electron chi connectivity index (χ0n) is 19.9. The van der Waals surface area contributed by atoms with Crippen LogP contribution in [0.15, 0.2) is 72.8 Å². The molecule has 0 aromatic heterocycles. The Labute approximate surface area is 204 Å². The topological polar surface area (TPSA) is 88.2 Å². The molecule has 1 atom stereocenters. The predicted molar refractivity (Wildman–Crippen MR) is 133 cm³/mol. The first-order valence-electron chi connectivity index (χ1n) is 11.2. The number of nitrogens with zero attached hydrogens (tertiary/aromatic N) is 2. The number of hydrogen-bond acceptors (Lipinski definition) is 5. The zero-order valence-corrected chi connectivity index (χ0v) is 19.9. The molecule has 1 heterocycles. The monoisotopic (exact) mass is 473 g/mol. The first kappa shape index (κ1) is 23.8. The van der Waals surface area contributed by atoms with Gasteiger partial charge in [-0.2, -0.15) is 0 Å². The van der Waals surface area contributed by atoms with Crippen molar-refractivity contribution in [3.63, 3.8) is 0 Å². The first-order chi connectivity index (χ1) is 16.9. The normalized spacial score (nSPS) is 15.3. The molecule has 1 N–H and O–H groups in total. The van der Waals surface area contributed by atoms with Crippen molar-refractivity contribution < 1.29 is 23.9 Å². The molecule has 0 unspecified atom stereocenters. The molecule has 1 aliphatic rings. The number of benzene rings is 3. The van der Waals surface area contributed by atoms with Crippen molar-refractivity contribution in [1.29, 1.82) is 0 Å². The van der Waals surface area contributed by atoms with Crippen molar-refractivity contribution in [1.82, 2.24) is 4.90 Å². The van der Waals surface area contributed by atoms with Gasteiger partial charge in [-0.05, 0) is 66.6 Å². The standard InChI is InChI=1S/C27H27N3O5/c1-18-6-4-8-21(14-18)30-26(32)24(16-25(31)28-20-10-12-22(34-2)13-11-20)29(27(30)33)17-19-7-5-9-23(15-19)35-3/h4-15,24H,16-17H2,1-3H3,(H,28,31)/t24-/m1/s1. The predicted octanol–water partition coefficient (Wildman–Crippen LogP) is 4.38. The van der Waals surface area contributed by atoms with Crippen molar-refractivity contribution in [2.75, 3.05) is 24.4 Å². The summed E-state index contributed by atoms with van der Waals surface area (Å²) in [5, 5.41) is 2.80. The lowest BCUT2D eigenvalue weighted by atomic mass is 10.1. The smallest absolute Gasteiger partial charge is 0.332 e. The number of carbonyl (C=O) groups is 3. The molecule has 0 spiro atoms. The maximum atomic E-state index is 13.5. The van der Waals surface area contributed by atoms with Gasteiger partial charge in [0.25, 0.3) is 5.91 Å². The van der Waals surface area contributed by atoms with Gasteiger partial charge in [0.1, 0.15) is 17.5 Å². The van der Waals surface area contributed by atoms with E-state index in [1.54, 1.807) is 62.8 Å². The second-order valence-corrected chi connectivity index (χ2v) is 8.27. The van der Waals surface area contributed by atoms with E-state index in [0.29, 0.717) is 22.9 Å². The Morgan fingerprint density at radius 1 is 0.914 bits per heavy atom. The van der Waals surface area contributed by atoms with Crippen LogP contribution in [0.4, 0.5) is 16.2 Å². The molecule has 180 valence electrons. The number of rotatable bonds is 8. The van der Waals surface area contributed by atoms with Crippen molar-refractivity contribution in [3.8, 4) is 11.5 Å². The van der Waals surface area contributed by atoms with E-state index in [2.05, 4.69) is 5.32 Å². The zero-order chi connectivity index (χ0) is 24.9. The number of ether oxygens (including phenoxy) is 2. The summed E-state index contributed by atoms with van der Waals surface area (Å²) in [6.45, 7) is 2.05. The van der Waals surface area contributed by atoms with Crippen LogP contribution >= 0.6 is 0 Å². The summed E-state index contributed by atoms with van der Waals surface area (Å²) < 4.78 is 10.4. The summed E-state index contributed by atoms with van der Waals surface area (Å²) in [5.41, 5.74) is 2.76. The molecule has 1 aliphatic heterocycles. The summed E-state index contributed by atoms with van der Waals surface area (Å²) >= 11 is 0. The van der Waals surface area contributed by atoms with Crippen LogP contribution in [0.25, 0.3) is 0 Å². The molecule has 4 amide bonds. The highest BCUT2D eigenvalue weighted by molar-refractivity contribution is 6.22. The third kappa shape index (κ3) is 5.27. The molecular weight excluding hydrogens is 446 g/mol. The second-order valence-electron chi connectivity index (χ2n) is 8.27. The molecule has 35 heavy (non-hydrogen) atoms. The van der Waals surface area contributed by atoms with Gasteiger partial charge >= 0.3 is 6.03 Å². The maximum Gasteiger partial charge on any atom is 0.332 e. The van der Waals surface area contributed by atoms with Gasteiger partial charge in [-0.3, -0.25) is 9.59 Å². The Hall–Kier alpha value is -4.33. The lowest BCUT2D eigenvalue weighted by Gasteiger charge is -2.22. The van der Waals surface area contributed by atoms with Gasteiger partial charge in [0.2, 0.25) is 5.91 Å². The minimum atomic E-state index is -0.951. The summed E-state index contributed by atoms with van der Waals surface area (Å²) in [5.74, 6) is 0.499. The Kier molecular flexibility index (Phi) is 7.01. The number of methoxy groups -OCH3 is 2. The van der Waals surface area contributed by atoms with E-state index in [1.165, 1.54) is 4.90 Å². The van der Waals surface area contributed by atoms with Crippen molar-refractivity contribution in [3.05, 3.63) is 83.9 Å². The molecule has 0 radical (unpaired) electrons. The van der Waals surface area contributed by atoms with Crippen LogP contribution < -0.4 is 19.7 Å². The maximum absolute atomic E-state index is 13.5. The third-order valence-corrected chi connectivity index (χ3v) is 5.82. The summed E-state index contributed by atoms with van der Waals surface area (Å²) in [6.07, 6.45) is -0.178. The number of imide groups is 1. The van der Waals surface area contributed by atoms with Crippen molar-refractivity contribution >= 4 is 29.2 Å². The Balaban J connectivity index is 1.60. The minimum absolute atomic E-state index is 0.157. The third-order valence-electron chi connectivity index (χ3n) is 5.82. The van der Waals surface area contributed by atoms with Crippen LogP contribution in [-0.4, -0.2) is 43.0 Å². The fourth-order valence-electron chi connectivity index (χ4n) is 4.05. The van der Waals surface area contributed by atoms with Gasteiger partial charge in [-0.25, -0.2) is 9.69 Å². The lowest BCUT2D eigenvalue weighted by molar-refractivity contribution is -0.124. The first-order valence-corrected chi connectivity index (χ1v) is 11.2. The Morgan fingerprint density at radius 3 is 2.31 bits per heavy atom. The molecule has 0 saturated carbocycles. The number of carbonyl (C=O) groups excluding carboxylic acids is 3. The highest BCUT2D eigenvalue weighted by Crippen LogP contribution is 2.30. The number of amides is 4. The van der Waals surface area contributed by atoms with E-state index in [4.69, 9.17) is 9.47 Å². The van der Waals surface area contributed by atoms with Crippen LogP contribution in [0.1, 0.15) is 17.5 Å². The molecule has 8 heteroatoms. The average molecular weight is 474 g/mol. The van der Waals surface area contributed by atoms with Gasteiger partial charge in [0.05, 0.1) is 26.3 Å². The van der Waals surface area contributed by atoms with Crippen LogP contribution in [0.2, 0.25) is 0 Å². The fraction of sp³-hybridized carbons (Fsp3) is 0.222. The molecule has 1 saturated heterocycles. The largest absolute Gasteiger partial charge is 0.497 e. The van der Waals surface area contributed by atoms with Gasteiger partial charge in [-0.1, -0.05) is 24.3 Å². The SMILES string of the molecule is COc1ccc(NC(=O)C[C@@H]2C(=O)N(c3cccc(C)c3)C(=O)N2Cc2cccc(OC)c2)cc1. The van der Waals surface area contributed by atoms with Gasteiger partial charge in [0.15, 0.2) is 0 Å². The Morgan fingerprint density at radius 2 is 1.63 bits per heavy atom. The molecule has 0 bridgehead atoms. The average Bonchev–Trinajstić information content (AvgIpc) is 3.08. The van der Waals surface area contributed by atoms with Crippen LogP contribution in [0.3, 0.4) is 0 Å². The van der Waals surface area contributed by atoms with Crippen molar-refractivity contribution in [2.24, 2.45) is 0 Å². The van der Waals surface area contributed by atoms with E-state index < -0.39 is 18.0 Å². The summed E-state index contributed by atoms with van der Waals surface area (Å²) in [6, 6.07) is 19.9. The number of aryl methyl sites for hydroxylation is 1. The molecule has 3 aromatic rings. The number of anilines is 2. The summed E-state index contributed by atoms with van der Waals surface area (Å²) in [7, 11) is 3.13. The molecule has 0 aliphatic carbocycles. The second kappa shape index (κ2) is 10.3. The van der Waals surface area contributed by atoms with E-state index in [1.807, 2.05) is 31.2 Å². The van der Waals surface area contributed by atoms with E-state index in [9.17, 15) is 14.4 Å². The lowest BCUT2D eigenvalue weighted by Crippen LogP contribution is -2.37. The number of nitrogens with one attached hydrogen (secondary N) is 1. The minimum Gasteiger partial charge on any atom is -0.497 e. The highest BCUT2D eigenvalue weighted by atomic mass is 16.5. The van der Waals surface area contributed by atoms with Gasteiger partial charge in [-0.15, -0.1) is 0 Å². The van der Waals surface area contributed by atoms with Crippen LogP contribution in [-0.2, 0) is 16.1 Å². The highest BCUT2D eigenvalue weighted by Gasteiger charge is 2.46. The fourth-order valence-corrected chi connectivity index (χ4v) is 4.05. The Bertz CT molecular complexity index is 1240. The quantitative estimate of drug-likeness (QED) is 0.491. The van der Waals surface area contributed by atoms with E-state index in [0.717, 1.165) is 16.0 Å². The van der Waals surface area contributed by atoms with Gasteiger partial charge in [0, 0.05) is 12.2 Å². The summed E-state index contributed by atoms with van der Waals surface area (Å²) in [4.78, 5) is 42.4. The number of urea groups is 1. The van der Waals surface area contributed by atoms with Crippen LogP contribution in [0.5, 0.6) is 11.5 Å². The molecule has 1 fully saturated rings.